The molecule has 0 bridgehead atoms. The number of pyridine rings is 1. The van der Waals surface area contributed by atoms with Gasteiger partial charge in [-0.25, -0.2) is 0 Å². The summed E-state index contributed by atoms with van der Waals surface area (Å²) in [6.45, 7) is 0.670. The Balaban J connectivity index is 1.84. The van der Waals surface area contributed by atoms with Crippen molar-refractivity contribution < 1.29 is 9.53 Å². The van der Waals surface area contributed by atoms with Crippen molar-refractivity contribution in [1.82, 2.24) is 10.3 Å². The van der Waals surface area contributed by atoms with Crippen molar-refractivity contribution in [1.29, 1.82) is 0 Å². The summed E-state index contributed by atoms with van der Waals surface area (Å²) in [4.78, 5) is 16.4. The zero-order valence-electron chi connectivity index (χ0n) is 11.7. The predicted octanol–water partition coefficient (Wildman–Crippen LogP) is 2.47. The molecule has 0 aliphatic carbocycles. The molecule has 21 heavy (non-hydrogen) atoms. The van der Waals surface area contributed by atoms with E-state index in [4.69, 9.17) is 4.74 Å². The van der Waals surface area contributed by atoms with E-state index in [0.717, 1.165) is 24.0 Å². The summed E-state index contributed by atoms with van der Waals surface area (Å²) >= 11 is 0. The maximum absolute atomic E-state index is 12.4. The van der Waals surface area contributed by atoms with E-state index in [1.165, 1.54) is 0 Å². The molecular formula is C17H18N2O2. The zero-order valence-corrected chi connectivity index (χ0v) is 11.7. The third kappa shape index (κ3) is 3.28. The molecule has 2 heterocycles. The molecule has 0 saturated carbocycles. The molecule has 4 heteroatoms. The van der Waals surface area contributed by atoms with Crippen LogP contribution in [0.1, 0.15) is 30.0 Å². The molecule has 1 aliphatic rings. The Morgan fingerprint density at radius 3 is 2.52 bits per heavy atom. The Bertz CT molecular complexity index is 541. The van der Waals surface area contributed by atoms with Crippen LogP contribution in [0.15, 0.2) is 54.9 Å². The van der Waals surface area contributed by atoms with Crippen molar-refractivity contribution in [3.05, 3.63) is 66.0 Å². The van der Waals surface area contributed by atoms with Crippen molar-refractivity contribution >= 4 is 5.91 Å². The molecule has 1 aliphatic heterocycles. The minimum Gasteiger partial charge on any atom is -0.368 e. The monoisotopic (exact) mass is 282 g/mol. The van der Waals surface area contributed by atoms with Gasteiger partial charge in [0.1, 0.15) is 6.10 Å². The lowest BCUT2D eigenvalue weighted by Gasteiger charge is -2.21. The summed E-state index contributed by atoms with van der Waals surface area (Å²) in [7, 11) is 0. The summed E-state index contributed by atoms with van der Waals surface area (Å²) < 4.78 is 5.46. The molecule has 1 aromatic heterocycles. The van der Waals surface area contributed by atoms with Crippen LogP contribution in [-0.4, -0.2) is 23.6 Å². The van der Waals surface area contributed by atoms with E-state index in [9.17, 15) is 4.79 Å². The van der Waals surface area contributed by atoms with E-state index >= 15 is 0 Å². The average molecular weight is 282 g/mol. The fourth-order valence-electron chi connectivity index (χ4n) is 2.58. The van der Waals surface area contributed by atoms with Crippen LogP contribution in [0.5, 0.6) is 0 Å². The van der Waals surface area contributed by atoms with Gasteiger partial charge in [0.15, 0.2) is 0 Å². The van der Waals surface area contributed by atoms with Crippen molar-refractivity contribution in [3.8, 4) is 0 Å². The lowest BCUT2D eigenvalue weighted by atomic mass is 9.99. The first-order valence-corrected chi connectivity index (χ1v) is 7.21. The molecule has 1 fully saturated rings. The van der Waals surface area contributed by atoms with Gasteiger partial charge in [-0.1, -0.05) is 30.3 Å². The molecule has 3 rings (SSSR count). The van der Waals surface area contributed by atoms with Gasteiger partial charge >= 0.3 is 0 Å². The second-order valence-electron chi connectivity index (χ2n) is 5.13. The summed E-state index contributed by atoms with van der Waals surface area (Å²) in [6, 6.07) is 13.6. The minimum atomic E-state index is -0.321. The van der Waals surface area contributed by atoms with Gasteiger partial charge in [-0.3, -0.25) is 9.78 Å². The third-order valence-electron chi connectivity index (χ3n) is 3.68. The number of nitrogens with zero attached hydrogens (tertiary/aromatic N) is 1. The van der Waals surface area contributed by atoms with Gasteiger partial charge in [0, 0.05) is 19.0 Å². The summed E-state index contributed by atoms with van der Waals surface area (Å²) in [5.74, 6) is -0.0434. The molecule has 2 aromatic rings. The van der Waals surface area contributed by atoms with Gasteiger partial charge in [0.05, 0.1) is 6.04 Å². The van der Waals surface area contributed by atoms with Crippen molar-refractivity contribution in [2.45, 2.75) is 25.0 Å². The summed E-state index contributed by atoms with van der Waals surface area (Å²) in [6.07, 6.45) is 4.90. The smallest absolute Gasteiger partial charge is 0.249 e. The van der Waals surface area contributed by atoms with Crippen LogP contribution >= 0.6 is 0 Å². The molecule has 1 aromatic carbocycles. The molecule has 2 atom stereocenters. The van der Waals surface area contributed by atoms with Gasteiger partial charge in [-0.15, -0.1) is 0 Å². The number of amides is 1. The first kappa shape index (κ1) is 13.8. The van der Waals surface area contributed by atoms with Gasteiger partial charge in [-0.05, 0) is 36.1 Å². The van der Waals surface area contributed by atoms with Gasteiger partial charge < -0.3 is 10.1 Å². The summed E-state index contributed by atoms with van der Waals surface area (Å²) in [5, 5.41) is 3.10. The zero-order chi connectivity index (χ0) is 14.5. The maximum Gasteiger partial charge on any atom is 0.249 e. The van der Waals surface area contributed by atoms with Crippen LogP contribution in [-0.2, 0) is 9.53 Å². The van der Waals surface area contributed by atoms with Crippen molar-refractivity contribution in [2.24, 2.45) is 0 Å². The lowest BCUT2D eigenvalue weighted by molar-refractivity contribution is -0.130. The highest BCUT2D eigenvalue weighted by molar-refractivity contribution is 5.81. The van der Waals surface area contributed by atoms with Crippen LogP contribution in [0, 0.1) is 0 Å². The van der Waals surface area contributed by atoms with E-state index in [1.807, 2.05) is 42.5 Å². The third-order valence-corrected chi connectivity index (χ3v) is 3.68. The fraction of sp³-hybridized carbons (Fsp3) is 0.294. The highest BCUT2D eigenvalue weighted by atomic mass is 16.5. The first-order chi connectivity index (χ1) is 10.3. The highest BCUT2D eigenvalue weighted by Crippen LogP contribution is 2.22. The Morgan fingerprint density at radius 2 is 1.86 bits per heavy atom. The molecule has 4 nitrogen and oxygen atoms in total. The second kappa shape index (κ2) is 6.50. The quantitative estimate of drug-likeness (QED) is 0.937. The molecule has 1 saturated heterocycles. The van der Waals surface area contributed by atoms with E-state index in [0.29, 0.717) is 6.61 Å². The largest absolute Gasteiger partial charge is 0.368 e. The average Bonchev–Trinajstić information content (AvgIpc) is 3.09. The van der Waals surface area contributed by atoms with E-state index in [2.05, 4.69) is 10.3 Å². The number of aromatic nitrogens is 1. The molecular weight excluding hydrogens is 264 g/mol. The predicted molar refractivity (Wildman–Crippen MR) is 79.6 cm³/mol. The molecule has 1 amide bonds. The van der Waals surface area contributed by atoms with E-state index in [-0.39, 0.29) is 18.1 Å². The number of ether oxygens (including phenoxy) is 1. The minimum absolute atomic E-state index is 0.0434. The first-order valence-electron chi connectivity index (χ1n) is 7.21. The topological polar surface area (TPSA) is 51.2 Å². The Labute approximate surface area is 124 Å². The number of hydrogen-bond donors (Lipinski definition) is 1. The molecule has 1 N–H and O–H groups in total. The molecule has 0 spiro atoms. The normalized spacial score (nSPS) is 19.1. The van der Waals surface area contributed by atoms with Gasteiger partial charge in [0.2, 0.25) is 5.91 Å². The Hall–Kier alpha value is -2.20. The lowest BCUT2D eigenvalue weighted by Crippen LogP contribution is -2.37. The van der Waals surface area contributed by atoms with E-state index in [1.54, 1.807) is 12.4 Å². The standard InChI is InChI=1S/C17H18N2O2/c20-17(15-7-4-12-21-15)19-16(13-5-2-1-3-6-13)14-8-10-18-11-9-14/h1-3,5-6,8-11,15-16H,4,7,12H2,(H,19,20)/t15-,16+/m0/s1. The van der Waals surface area contributed by atoms with Crippen LogP contribution in [0.3, 0.4) is 0 Å². The molecule has 108 valence electrons. The number of benzene rings is 1. The van der Waals surface area contributed by atoms with Gasteiger partial charge in [-0.2, -0.15) is 0 Å². The number of rotatable bonds is 4. The van der Waals surface area contributed by atoms with Gasteiger partial charge in [0.25, 0.3) is 0 Å². The summed E-state index contributed by atoms with van der Waals surface area (Å²) in [5.41, 5.74) is 2.07. The van der Waals surface area contributed by atoms with Crippen LogP contribution < -0.4 is 5.32 Å². The number of carbonyl (C=O) groups is 1. The SMILES string of the molecule is O=C(N[C@H](c1ccccc1)c1ccncc1)[C@@H]1CCCO1. The number of carbonyl (C=O) groups excluding carboxylic acids is 1. The van der Waals surface area contributed by atoms with Crippen molar-refractivity contribution in [2.75, 3.05) is 6.61 Å². The maximum atomic E-state index is 12.4. The molecule has 0 unspecified atom stereocenters. The van der Waals surface area contributed by atoms with Crippen LogP contribution in [0.2, 0.25) is 0 Å². The fourth-order valence-corrected chi connectivity index (χ4v) is 2.58. The number of nitrogens with one attached hydrogen (secondary N) is 1. The Kier molecular flexibility index (Phi) is 4.26. The van der Waals surface area contributed by atoms with E-state index < -0.39 is 0 Å². The number of hydrogen-bond acceptors (Lipinski definition) is 3. The highest BCUT2D eigenvalue weighted by Gasteiger charge is 2.26. The second-order valence-corrected chi connectivity index (χ2v) is 5.13. The Morgan fingerprint density at radius 1 is 1.14 bits per heavy atom. The van der Waals surface area contributed by atoms with Crippen LogP contribution in [0.25, 0.3) is 0 Å². The van der Waals surface area contributed by atoms with Crippen molar-refractivity contribution in [3.63, 3.8) is 0 Å². The molecule has 0 radical (unpaired) electrons. The van der Waals surface area contributed by atoms with Crippen LogP contribution in [0.4, 0.5) is 0 Å².